The molecule has 1 aromatic carbocycles. The third kappa shape index (κ3) is 4.31. The van der Waals surface area contributed by atoms with Crippen LogP contribution in [0.2, 0.25) is 0 Å². The summed E-state index contributed by atoms with van der Waals surface area (Å²) in [4.78, 5) is 1.98. The Hall–Kier alpha value is -1.07. The van der Waals surface area contributed by atoms with Crippen LogP contribution in [0.25, 0.3) is 0 Å². The van der Waals surface area contributed by atoms with Gasteiger partial charge in [-0.05, 0) is 32.5 Å². The van der Waals surface area contributed by atoms with Crippen molar-refractivity contribution in [2.75, 3.05) is 25.1 Å². The Kier molecular flexibility index (Phi) is 5.16. The van der Waals surface area contributed by atoms with Crippen LogP contribution in [-0.4, -0.2) is 37.9 Å². The van der Waals surface area contributed by atoms with Gasteiger partial charge in [-0.1, -0.05) is 18.2 Å². The fraction of sp³-hybridized carbons (Fsp3) is 0.538. The number of nitrogens with zero attached hydrogens (tertiary/aromatic N) is 1. The Morgan fingerprint density at radius 2 is 1.89 bits per heavy atom. The largest absolute Gasteiger partial charge is 0.398 e. The Balaban J connectivity index is 2.53. The molecule has 0 fully saturated rings. The Morgan fingerprint density at radius 1 is 1.28 bits per heavy atom. The SMILES string of the molecule is CC(C)S(=O)(=O)CCN(C)Cc1ccccc1N. The van der Waals surface area contributed by atoms with Crippen LogP contribution in [0.15, 0.2) is 24.3 Å². The van der Waals surface area contributed by atoms with Gasteiger partial charge in [0.05, 0.1) is 11.0 Å². The molecule has 0 aromatic heterocycles. The number of nitrogen functional groups attached to an aromatic ring is 1. The minimum atomic E-state index is -2.97. The zero-order valence-electron chi connectivity index (χ0n) is 11.3. The van der Waals surface area contributed by atoms with Crippen molar-refractivity contribution < 1.29 is 8.42 Å². The number of hydrogen-bond acceptors (Lipinski definition) is 4. The number of para-hydroxylation sites is 1. The quantitative estimate of drug-likeness (QED) is 0.796. The summed E-state index contributed by atoms with van der Waals surface area (Å²) in [5, 5.41) is -0.312. The maximum atomic E-state index is 11.7. The van der Waals surface area contributed by atoms with Gasteiger partial charge in [0, 0.05) is 18.8 Å². The third-order valence-electron chi connectivity index (χ3n) is 2.97. The second kappa shape index (κ2) is 6.20. The van der Waals surface area contributed by atoms with Gasteiger partial charge in [-0.3, -0.25) is 0 Å². The van der Waals surface area contributed by atoms with Gasteiger partial charge in [0.1, 0.15) is 0 Å². The van der Waals surface area contributed by atoms with Crippen molar-refractivity contribution in [2.45, 2.75) is 25.6 Å². The third-order valence-corrected chi connectivity index (χ3v) is 5.16. The molecule has 0 unspecified atom stereocenters. The minimum absolute atomic E-state index is 0.188. The molecule has 0 saturated heterocycles. The number of benzene rings is 1. The first-order chi connectivity index (χ1) is 8.33. The molecule has 18 heavy (non-hydrogen) atoms. The molecule has 2 N–H and O–H groups in total. The predicted molar refractivity (Wildman–Crippen MR) is 76.1 cm³/mol. The molecule has 1 aromatic rings. The molecule has 0 saturated carbocycles. The molecule has 0 amide bonds. The first-order valence-electron chi connectivity index (χ1n) is 6.06. The van der Waals surface area contributed by atoms with E-state index in [1.165, 1.54) is 0 Å². The second-order valence-corrected chi connectivity index (χ2v) is 7.53. The van der Waals surface area contributed by atoms with Crippen LogP contribution < -0.4 is 5.73 Å². The van der Waals surface area contributed by atoms with Crippen molar-refractivity contribution in [3.05, 3.63) is 29.8 Å². The summed E-state index contributed by atoms with van der Waals surface area (Å²) in [7, 11) is -1.06. The van der Waals surface area contributed by atoms with E-state index in [1.54, 1.807) is 13.8 Å². The molecule has 1 rings (SSSR count). The van der Waals surface area contributed by atoms with E-state index < -0.39 is 9.84 Å². The topological polar surface area (TPSA) is 63.4 Å². The van der Waals surface area contributed by atoms with Gasteiger partial charge in [0.15, 0.2) is 9.84 Å². The fourth-order valence-corrected chi connectivity index (χ4v) is 2.60. The van der Waals surface area contributed by atoms with Crippen LogP contribution in [0.5, 0.6) is 0 Å². The monoisotopic (exact) mass is 270 g/mol. The highest BCUT2D eigenvalue weighted by atomic mass is 32.2. The molecule has 0 radical (unpaired) electrons. The highest BCUT2D eigenvalue weighted by Gasteiger charge is 2.16. The van der Waals surface area contributed by atoms with Crippen LogP contribution in [0.1, 0.15) is 19.4 Å². The van der Waals surface area contributed by atoms with Crippen LogP contribution in [0.4, 0.5) is 5.69 Å². The van der Waals surface area contributed by atoms with E-state index >= 15 is 0 Å². The Labute approximate surface area is 110 Å². The zero-order valence-corrected chi connectivity index (χ0v) is 12.1. The van der Waals surface area contributed by atoms with E-state index in [0.717, 1.165) is 11.3 Å². The molecule has 102 valence electrons. The number of sulfone groups is 1. The van der Waals surface area contributed by atoms with Crippen LogP contribution in [0.3, 0.4) is 0 Å². The van der Waals surface area contributed by atoms with Crippen molar-refractivity contribution in [1.29, 1.82) is 0 Å². The lowest BCUT2D eigenvalue weighted by atomic mass is 10.2. The number of anilines is 1. The number of rotatable bonds is 6. The summed E-state index contributed by atoms with van der Waals surface area (Å²) >= 11 is 0. The lowest BCUT2D eigenvalue weighted by molar-refractivity contribution is 0.346. The summed E-state index contributed by atoms with van der Waals surface area (Å²) in [5.74, 6) is 0.188. The second-order valence-electron chi connectivity index (χ2n) is 4.85. The maximum Gasteiger partial charge on any atom is 0.153 e. The fourth-order valence-electron chi connectivity index (χ4n) is 1.57. The van der Waals surface area contributed by atoms with Crippen molar-refractivity contribution in [3.63, 3.8) is 0 Å². The minimum Gasteiger partial charge on any atom is -0.398 e. The van der Waals surface area contributed by atoms with Gasteiger partial charge in [-0.2, -0.15) is 0 Å². The lowest BCUT2D eigenvalue weighted by Gasteiger charge is -2.18. The standard InChI is InChI=1S/C13H22N2O2S/c1-11(2)18(16,17)9-8-15(3)10-12-6-4-5-7-13(12)14/h4-7,11H,8-10,14H2,1-3H3. The molecule has 5 heteroatoms. The first kappa shape index (κ1) is 15.0. The van der Waals surface area contributed by atoms with Crippen molar-refractivity contribution >= 4 is 15.5 Å². The number of nitrogens with two attached hydrogens (primary N) is 1. The van der Waals surface area contributed by atoms with Crippen LogP contribution in [-0.2, 0) is 16.4 Å². The summed E-state index contributed by atoms with van der Waals surface area (Å²) in [6, 6.07) is 7.64. The molecule has 0 heterocycles. The highest BCUT2D eigenvalue weighted by molar-refractivity contribution is 7.92. The van der Waals surface area contributed by atoms with E-state index in [9.17, 15) is 8.42 Å². The summed E-state index contributed by atoms with van der Waals surface area (Å²) in [6.07, 6.45) is 0. The van der Waals surface area contributed by atoms with Gasteiger partial charge < -0.3 is 10.6 Å². The molecule has 0 bridgehead atoms. The molecule has 0 aliphatic heterocycles. The van der Waals surface area contributed by atoms with E-state index in [2.05, 4.69) is 0 Å². The maximum absolute atomic E-state index is 11.7. The number of hydrogen-bond donors (Lipinski definition) is 1. The molecule has 0 aliphatic carbocycles. The summed E-state index contributed by atoms with van der Waals surface area (Å²) < 4.78 is 23.4. The Morgan fingerprint density at radius 3 is 2.44 bits per heavy atom. The Bertz CT molecular complexity index is 484. The van der Waals surface area contributed by atoms with Crippen molar-refractivity contribution in [2.24, 2.45) is 0 Å². The van der Waals surface area contributed by atoms with Gasteiger partial charge in [-0.15, -0.1) is 0 Å². The van der Waals surface area contributed by atoms with E-state index in [4.69, 9.17) is 5.73 Å². The van der Waals surface area contributed by atoms with Crippen LogP contribution in [0, 0.1) is 0 Å². The van der Waals surface area contributed by atoms with Crippen molar-refractivity contribution in [3.8, 4) is 0 Å². The predicted octanol–water partition coefficient (Wildman–Crippen LogP) is 1.52. The van der Waals surface area contributed by atoms with Gasteiger partial charge >= 0.3 is 0 Å². The lowest BCUT2D eigenvalue weighted by Crippen LogP contribution is -2.29. The smallest absolute Gasteiger partial charge is 0.153 e. The normalized spacial score (nSPS) is 12.3. The van der Waals surface area contributed by atoms with Gasteiger partial charge in [0.25, 0.3) is 0 Å². The highest BCUT2D eigenvalue weighted by Crippen LogP contribution is 2.12. The molecule has 4 nitrogen and oxygen atoms in total. The molecule has 0 aliphatic rings. The van der Waals surface area contributed by atoms with E-state index in [1.807, 2.05) is 36.2 Å². The molecule has 0 atom stereocenters. The van der Waals surface area contributed by atoms with Gasteiger partial charge in [0.2, 0.25) is 0 Å². The molecule has 0 spiro atoms. The molecular formula is C13H22N2O2S. The van der Waals surface area contributed by atoms with Crippen molar-refractivity contribution in [1.82, 2.24) is 4.90 Å². The summed E-state index contributed by atoms with van der Waals surface area (Å²) in [6.45, 7) is 4.62. The summed E-state index contributed by atoms with van der Waals surface area (Å²) in [5.41, 5.74) is 7.63. The molecular weight excluding hydrogens is 248 g/mol. The van der Waals surface area contributed by atoms with Crippen LogP contribution >= 0.6 is 0 Å². The zero-order chi connectivity index (χ0) is 13.8. The average molecular weight is 270 g/mol. The van der Waals surface area contributed by atoms with Gasteiger partial charge in [-0.25, -0.2) is 8.42 Å². The van der Waals surface area contributed by atoms with E-state index in [0.29, 0.717) is 13.1 Å². The average Bonchev–Trinajstić information content (AvgIpc) is 2.29. The van der Waals surface area contributed by atoms with E-state index in [-0.39, 0.29) is 11.0 Å². The first-order valence-corrected chi connectivity index (χ1v) is 7.78.